The zero-order chi connectivity index (χ0) is 26.0. The third-order valence-electron chi connectivity index (χ3n) is 6.26. The highest BCUT2D eigenvalue weighted by molar-refractivity contribution is 7.13. The molecule has 2 atom stereocenters. The number of carbonyl (C=O) groups is 4. The SMILES string of the molecule is Cc1cccc2c1OB(O)[C@@H](CC(=O)C(NC(=O)N1CCN(CCN)C(=O)C1=O)c1csc(N)n1)C2. The molecule has 4 amide bonds. The third-order valence-corrected chi connectivity index (χ3v) is 6.95. The number of amides is 4. The van der Waals surface area contributed by atoms with Crippen LogP contribution < -0.4 is 21.4 Å². The van der Waals surface area contributed by atoms with Gasteiger partial charge in [0.15, 0.2) is 10.9 Å². The average molecular weight is 514 g/mol. The molecule has 6 N–H and O–H groups in total. The second-order valence-corrected chi connectivity index (χ2v) is 9.63. The Bertz CT molecular complexity index is 1190. The van der Waals surface area contributed by atoms with Gasteiger partial charge in [-0.3, -0.25) is 19.3 Å². The first-order chi connectivity index (χ1) is 17.2. The molecule has 4 rings (SSSR count). The van der Waals surface area contributed by atoms with E-state index in [0.717, 1.165) is 27.4 Å². The van der Waals surface area contributed by atoms with E-state index in [1.165, 1.54) is 10.3 Å². The Morgan fingerprint density at radius 2 is 2.11 bits per heavy atom. The van der Waals surface area contributed by atoms with Gasteiger partial charge in [-0.1, -0.05) is 18.2 Å². The second-order valence-electron chi connectivity index (χ2n) is 8.74. The van der Waals surface area contributed by atoms with E-state index < -0.39 is 42.6 Å². The number of fused-ring (bicyclic) bond motifs is 1. The van der Waals surface area contributed by atoms with Crippen LogP contribution >= 0.6 is 11.3 Å². The van der Waals surface area contributed by atoms with Crippen molar-refractivity contribution in [2.75, 3.05) is 31.9 Å². The number of benzene rings is 1. The predicted octanol–water partition coefficient (Wildman–Crippen LogP) is -0.141. The van der Waals surface area contributed by atoms with Gasteiger partial charge in [0, 0.05) is 43.8 Å². The van der Waals surface area contributed by atoms with Crippen LogP contribution in [0.5, 0.6) is 5.75 Å². The van der Waals surface area contributed by atoms with Crippen LogP contribution in [0.2, 0.25) is 5.82 Å². The number of nitrogen functional groups attached to an aromatic ring is 1. The van der Waals surface area contributed by atoms with E-state index in [1.54, 1.807) is 0 Å². The number of nitrogens with one attached hydrogen (secondary N) is 1. The number of para-hydroxylation sites is 1. The first-order valence-electron chi connectivity index (χ1n) is 11.5. The lowest BCUT2D eigenvalue weighted by atomic mass is 9.64. The molecule has 1 unspecified atom stereocenters. The number of hydrogen-bond acceptors (Lipinski definition) is 10. The van der Waals surface area contributed by atoms with Crippen molar-refractivity contribution in [3.05, 3.63) is 40.4 Å². The van der Waals surface area contributed by atoms with Gasteiger partial charge < -0.3 is 31.4 Å². The molecule has 0 saturated carbocycles. The lowest BCUT2D eigenvalue weighted by molar-refractivity contribution is -0.153. The van der Waals surface area contributed by atoms with Crippen LogP contribution in [-0.2, 0) is 20.8 Å². The maximum Gasteiger partial charge on any atom is 0.526 e. The Kier molecular flexibility index (Phi) is 7.57. The van der Waals surface area contributed by atoms with Crippen LogP contribution in [0.15, 0.2) is 23.6 Å². The minimum atomic E-state index is -1.23. The lowest BCUT2D eigenvalue weighted by Gasteiger charge is -2.33. The molecular formula is C22H27BN6O6S. The van der Waals surface area contributed by atoms with Gasteiger partial charge in [0.2, 0.25) is 0 Å². The number of urea groups is 1. The van der Waals surface area contributed by atoms with Crippen molar-refractivity contribution in [3.8, 4) is 5.75 Å². The minimum absolute atomic E-state index is 0.0398. The Balaban J connectivity index is 1.50. The van der Waals surface area contributed by atoms with Crippen molar-refractivity contribution in [2.45, 2.75) is 31.6 Å². The van der Waals surface area contributed by atoms with E-state index in [-0.39, 0.29) is 43.4 Å². The number of imide groups is 1. The highest BCUT2D eigenvalue weighted by Gasteiger charge is 2.41. The number of aryl methyl sites for hydroxylation is 1. The molecule has 1 aromatic heterocycles. The summed E-state index contributed by atoms with van der Waals surface area (Å²) < 4.78 is 5.68. The van der Waals surface area contributed by atoms with E-state index in [9.17, 15) is 24.2 Å². The van der Waals surface area contributed by atoms with Gasteiger partial charge in [0.25, 0.3) is 0 Å². The maximum absolute atomic E-state index is 13.4. The number of nitrogens with zero attached hydrogens (tertiary/aromatic N) is 3. The summed E-state index contributed by atoms with van der Waals surface area (Å²) in [5.41, 5.74) is 13.2. The van der Waals surface area contributed by atoms with Crippen molar-refractivity contribution in [1.82, 2.24) is 20.1 Å². The van der Waals surface area contributed by atoms with Gasteiger partial charge in [0.1, 0.15) is 11.8 Å². The molecule has 2 aromatic rings. The smallest absolute Gasteiger partial charge is 0.526 e. The molecule has 2 aliphatic rings. The molecule has 12 nitrogen and oxygen atoms in total. The zero-order valence-corrected chi connectivity index (χ0v) is 20.5. The summed E-state index contributed by atoms with van der Waals surface area (Å²) >= 11 is 1.09. The molecule has 0 aliphatic carbocycles. The fourth-order valence-electron chi connectivity index (χ4n) is 4.38. The standard InChI is InChI=1S/C22H27BN6O6S/c1-12-3-2-4-13-9-14(23(34)35-18(12)13)10-16(30)17(15-11-36-21(25)26-15)27-22(33)29-8-7-28(6-5-24)19(31)20(29)32/h2-4,11,14,17,34H,5-10,24H2,1H3,(H2,25,26)(H,27,33)/t14-,17?/m1/s1. The van der Waals surface area contributed by atoms with Gasteiger partial charge in [-0.05, 0) is 24.5 Å². The number of ketones is 1. The van der Waals surface area contributed by atoms with Crippen LogP contribution in [0, 0.1) is 6.92 Å². The molecule has 3 heterocycles. The Morgan fingerprint density at radius 1 is 1.33 bits per heavy atom. The molecule has 190 valence electrons. The molecule has 1 fully saturated rings. The minimum Gasteiger partial charge on any atom is -0.536 e. The Morgan fingerprint density at radius 3 is 2.81 bits per heavy atom. The summed E-state index contributed by atoms with van der Waals surface area (Å²) in [4.78, 5) is 57.4. The van der Waals surface area contributed by atoms with Crippen LogP contribution in [-0.4, -0.2) is 76.7 Å². The Hall–Kier alpha value is -3.49. The quantitative estimate of drug-likeness (QED) is 0.289. The molecular weight excluding hydrogens is 487 g/mol. The summed E-state index contributed by atoms with van der Waals surface area (Å²) in [7, 11) is -1.21. The third kappa shape index (κ3) is 5.20. The number of Topliss-reactive ketones (excluding diaryl/α,β-unsaturated/α-hetero) is 1. The molecule has 14 heteroatoms. The van der Waals surface area contributed by atoms with Gasteiger partial charge in [-0.2, -0.15) is 0 Å². The van der Waals surface area contributed by atoms with Crippen molar-refractivity contribution >= 4 is 47.2 Å². The Labute approximate surface area is 211 Å². The average Bonchev–Trinajstić information content (AvgIpc) is 3.27. The summed E-state index contributed by atoms with van der Waals surface area (Å²) in [5.74, 6) is -2.25. The summed E-state index contributed by atoms with van der Waals surface area (Å²) in [5, 5.41) is 14.8. The predicted molar refractivity (Wildman–Crippen MR) is 132 cm³/mol. The number of hydrogen-bond donors (Lipinski definition) is 4. The largest absolute Gasteiger partial charge is 0.536 e. The second kappa shape index (κ2) is 10.6. The number of aromatic nitrogens is 1. The van der Waals surface area contributed by atoms with Gasteiger partial charge in [-0.15, -0.1) is 11.3 Å². The van der Waals surface area contributed by atoms with E-state index in [4.69, 9.17) is 16.1 Å². The number of thiazole rings is 1. The summed E-state index contributed by atoms with van der Waals surface area (Å²) in [6.07, 6.45) is 0.272. The summed E-state index contributed by atoms with van der Waals surface area (Å²) in [6, 6.07) is 3.49. The zero-order valence-electron chi connectivity index (χ0n) is 19.7. The molecule has 0 bridgehead atoms. The number of carbonyl (C=O) groups excluding carboxylic acids is 4. The fourth-order valence-corrected chi connectivity index (χ4v) is 4.97. The van der Waals surface area contributed by atoms with E-state index in [2.05, 4.69) is 10.3 Å². The van der Waals surface area contributed by atoms with Crippen molar-refractivity contribution in [2.24, 2.45) is 5.73 Å². The molecule has 36 heavy (non-hydrogen) atoms. The number of nitrogens with two attached hydrogens (primary N) is 2. The first-order valence-corrected chi connectivity index (χ1v) is 12.4. The van der Waals surface area contributed by atoms with E-state index >= 15 is 0 Å². The van der Waals surface area contributed by atoms with Gasteiger partial charge in [-0.25, -0.2) is 9.78 Å². The summed E-state index contributed by atoms with van der Waals surface area (Å²) in [6.45, 7) is 2.36. The van der Waals surface area contributed by atoms with Crippen LogP contribution in [0.3, 0.4) is 0 Å². The number of anilines is 1. The van der Waals surface area contributed by atoms with Gasteiger partial charge in [0.05, 0.1) is 5.69 Å². The van der Waals surface area contributed by atoms with Crippen LogP contribution in [0.4, 0.5) is 9.93 Å². The highest BCUT2D eigenvalue weighted by atomic mass is 32.1. The fraction of sp³-hybridized carbons (Fsp3) is 0.409. The van der Waals surface area contributed by atoms with Crippen LogP contribution in [0.1, 0.15) is 29.3 Å². The lowest BCUT2D eigenvalue weighted by Crippen LogP contribution is -2.59. The van der Waals surface area contributed by atoms with Crippen molar-refractivity contribution in [3.63, 3.8) is 0 Å². The maximum atomic E-state index is 13.4. The van der Waals surface area contributed by atoms with Gasteiger partial charge >= 0.3 is 25.0 Å². The molecule has 1 saturated heterocycles. The van der Waals surface area contributed by atoms with Crippen molar-refractivity contribution < 1.29 is 28.9 Å². The highest BCUT2D eigenvalue weighted by Crippen LogP contribution is 2.37. The number of piperazine rings is 1. The number of rotatable bonds is 7. The van der Waals surface area contributed by atoms with Crippen LogP contribution in [0.25, 0.3) is 0 Å². The van der Waals surface area contributed by atoms with E-state index in [0.29, 0.717) is 12.2 Å². The normalized spacial score (nSPS) is 18.5. The molecule has 2 aliphatic heterocycles. The van der Waals surface area contributed by atoms with Crippen molar-refractivity contribution in [1.29, 1.82) is 0 Å². The first kappa shape index (κ1) is 25.6. The monoisotopic (exact) mass is 514 g/mol. The topological polar surface area (TPSA) is 181 Å². The molecule has 1 aromatic carbocycles. The molecule has 0 spiro atoms. The van der Waals surface area contributed by atoms with E-state index in [1.807, 2.05) is 25.1 Å². The molecule has 0 radical (unpaired) electrons.